The van der Waals surface area contributed by atoms with Crippen LogP contribution in [-0.4, -0.2) is 30.0 Å². The van der Waals surface area contributed by atoms with Crippen LogP contribution in [0.4, 0.5) is 5.82 Å². The minimum atomic E-state index is 0.901. The maximum Gasteiger partial charge on any atom is 0.130 e. The Bertz CT molecular complexity index is 372. The molecule has 1 saturated carbocycles. The Morgan fingerprint density at radius 2 is 2.11 bits per heavy atom. The second-order valence-corrected chi connectivity index (χ2v) is 5.74. The Morgan fingerprint density at radius 1 is 1.32 bits per heavy atom. The van der Waals surface area contributed by atoms with Crippen LogP contribution >= 0.6 is 0 Å². The third-order valence-electron chi connectivity index (χ3n) is 3.97. The lowest BCUT2D eigenvalue weighted by atomic mass is 9.89. The Balaban J connectivity index is 1.88. The van der Waals surface area contributed by atoms with Crippen LogP contribution in [0.3, 0.4) is 0 Å². The van der Waals surface area contributed by atoms with E-state index in [0.29, 0.717) is 0 Å². The summed E-state index contributed by atoms with van der Waals surface area (Å²) in [6, 6.07) is 4.22. The van der Waals surface area contributed by atoms with Gasteiger partial charge < -0.3 is 10.2 Å². The van der Waals surface area contributed by atoms with Gasteiger partial charge >= 0.3 is 0 Å². The van der Waals surface area contributed by atoms with Gasteiger partial charge in [-0.2, -0.15) is 0 Å². The molecular formula is C16H27N3. The van der Waals surface area contributed by atoms with Crippen molar-refractivity contribution in [1.82, 2.24) is 9.88 Å². The Kier molecular flexibility index (Phi) is 5.64. The van der Waals surface area contributed by atoms with Crippen molar-refractivity contribution >= 4 is 5.82 Å². The van der Waals surface area contributed by atoms with Crippen molar-refractivity contribution in [3.8, 4) is 0 Å². The number of pyridine rings is 1. The average Bonchev–Trinajstić information content (AvgIpc) is 2.42. The molecule has 1 aromatic rings. The standard InChI is InChI=1S/C16H27N3/c1-3-17-16-15(10-7-11-18-16)13-19(2)12-14-8-5-4-6-9-14/h7,10-11,14H,3-6,8-9,12-13H2,1-2H3,(H,17,18). The zero-order valence-corrected chi connectivity index (χ0v) is 12.4. The summed E-state index contributed by atoms with van der Waals surface area (Å²) in [5.41, 5.74) is 1.31. The predicted octanol–water partition coefficient (Wildman–Crippen LogP) is 3.53. The van der Waals surface area contributed by atoms with E-state index in [0.717, 1.165) is 24.8 Å². The van der Waals surface area contributed by atoms with E-state index < -0.39 is 0 Å². The van der Waals surface area contributed by atoms with Gasteiger partial charge in [0, 0.05) is 31.4 Å². The molecular weight excluding hydrogens is 234 g/mol. The molecule has 0 bridgehead atoms. The van der Waals surface area contributed by atoms with Crippen LogP contribution in [-0.2, 0) is 6.54 Å². The van der Waals surface area contributed by atoms with Gasteiger partial charge in [0.1, 0.15) is 5.82 Å². The number of nitrogens with zero attached hydrogens (tertiary/aromatic N) is 2. The molecule has 1 aliphatic rings. The summed E-state index contributed by atoms with van der Waals surface area (Å²) in [6.45, 7) is 5.26. The lowest BCUT2D eigenvalue weighted by molar-refractivity contribution is 0.228. The van der Waals surface area contributed by atoms with Crippen molar-refractivity contribution < 1.29 is 0 Å². The van der Waals surface area contributed by atoms with Gasteiger partial charge in [0.2, 0.25) is 0 Å². The molecule has 1 fully saturated rings. The summed E-state index contributed by atoms with van der Waals surface area (Å²) < 4.78 is 0. The van der Waals surface area contributed by atoms with Gasteiger partial charge in [-0.3, -0.25) is 0 Å². The topological polar surface area (TPSA) is 28.2 Å². The molecule has 3 nitrogen and oxygen atoms in total. The SMILES string of the molecule is CCNc1ncccc1CN(C)CC1CCCCC1. The second-order valence-electron chi connectivity index (χ2n) is 5.74. The number of anilines is 1. The van der Waals surface area contributed by atoms with Gasteiger partial charge in [-0.05, 0) is 38.8 Å². The molecule has 0 aliphatic heterocycles. The van der Waals surface area contributed by atoms with Gasteiger partial charge in [-0.15, -0.1) is 0 Å². The van der Waals surface area contributed by atoms with E-state index in [-0.39, 0.29) is 0 Å². The molecule has 0 radical (unpaired) electrons. The molecule has 2 rings (SSSR count). The van der Waals surface area contributed by atoms with Crippen LogP contribution < -0.4 is 5.32 Å². The summed E-state index contributed by atoms with van der Waals surface area (Å²) in [5.74, 6) is 1.94. The highest BCUT2D eigenvalue weighted by atomic mass is 15.1. The summed E-state index contributed by atoms with van der Waals surface area (Å²) in [5, 5.41) is 3.35. The lowest BCUT2D eigenvalue weighted by Crippen LogP contribution is -2.27. The lowest BCUT2D eigenvalue weighted by Gasteiger charge is -2.27. The first-order valence-electron chi connectivity index (χ1n) is 7.66. The van der Waals surface area contributed by atoms with E-state index in [1.54, 1.807) is 0 Å². The maximum absolute atomic E-state index is 4.43. The van der Waals surface area contributed by atoms with Crippen molar-refractivity contribution in [2.75, 3.05) is 25.5 Å². The van der Waals surface area contributed by atoms with Gasteiger partial charge in [-0.1, -0.05) is 25.3 Å². The molecule has 0 amide bonds. The largest absolute Gasteiger partial charge is 0.370 e. The molecule has 1 heterocycles. The van der Waals surface area contributed by atoms with Crippen LogP contribution in [0.2, 0.25) is 0 Å². The molecule has 19 heavy (non-hydrogen) atoms. The molecule has 0 aromatic carbocycles. The number of hydrogen-bond acceptors (Lipinski definition) is 3. The third-order valence-corrected chi connectivity index (χ3v) is 3.97. The molecule has 0 atom stereocenters. The number of nitrogens with one attached hydrogen (secondary N) is 1. The summed E-state index contributed by atoms with van der Waals surface area (Å²) in [7, 11) is 2.23. The number of rotatable bonds is 6. The molecule has 106 valence electrons. The normalized spacial score (nSPS) is 16.8. The van der Waals surface area contributed by atoms with Gasteiger partial charge in [0.05, 0.1) is 0 Å². The number of aromatic nitrogens is 1. The zero-order chi connectivity index (χ0) is 13.5. The van der Waals surface area contributed by atoms with Crippen LogP contribution in [0, 0.1) is 5.92 Å². The Labute approximate surface area is 117 Å². The molecule has 1 aliphatic carbocycles. The molecule has 0 saturated heterocycles. The number of hydrogen-bond donors (Lipinski definition) is 1. The first kappa shape index (κ1) is 14.3. The summed E-state index contributed by atoms with van der Waals surface area (Å²) in [4.78, 5) is 6.88. The van der Waals surface area contributed by atoms with E-state index in [1.807, 2.05) is 12.3 Å². The van der Waals surface area contributed by atoms with Gasteiger partial charge in [0.25, 0.3) is 0 Å². The highest BCUT2D eigenvalue weighted by Gasteiger charge is 2.16. The van der Waals surface area contributed by atoms with E-state index >= 15 is 0 Å². The maximum atomic E-state index is 4.43. The fourth-order valence-corrected chi connectivity index (χ4v) is 3.06. The van der Waals surface area contributed by atoms with Gasteiger partial charge in [-0.25, -0.2) is 4.98 Å². The van der Waals surface area contributed by atoms with Crippen molar-refractivity contribution in [3.05, 3.63) is 23.9 Å². The van der Waals surface area contributed by atoms with Crippen molar-refractivity contribution in [2.24, 2.45) is 5.92 Å². The molecule has 0 unspecified atom stereocenters. The molecule has 0 spiro atoms. The third kappa shape index (κ3) is 4.50. The minimum Gasteiger partial charge on any atom is -0.370 e. The highest BCUT2D eigenvalue weighted by Crippen LogP contribution is 2.24. The van der Waals surface area contributed by atoms with E-state index in [1.165, 1.54) is 44.2 Å². The van der Waals surface area contributed by atoms with Crippen molar-refractivity contribution in [3.63, 3.8) is 0 Å². The van der Waals surface area contributed by atoms with Crippen molar-refractivity contribution in [1.29, 1.82) is 0 Å². The smallest absolute Gasteiger partial charge is 0.130 e. The van der Waals surface area contributed by atoms with Crippen LogP contribution in [0.25, 0.3) is 0 Å². The van der Waals surface area contributed by atoms with Crippen LogP contribution in [0.5, 0.6) is 0 Å². The molecule has 1 aromatic heterocycles. The quantitative estimate of drug-likeness (QED) is 0.849. The van der Waals surface area contributed by atoms with Gasteiger partial charge in [0.15, 0.2) is 0 Å². The van der Waals surface area contributed by atoms with E-state index in [9.17, 15) is 0 Å². The van der Waals surface area contributed by atoms with Crippen molar-refractivity contribution in [2.45, 2.75) is 45.6 Å². The minimum absolute atomic E-state index is 0.901. The predicted molar refractivity (Wildman–Crippen MR) is 81.3 cm³/mol. The van der Waals surface area contributed by atoms with E-state index in [2.05, 4.69) is 35.2 Å². The molecule has 3 heteroatoms. The first-order valence-corrected chi connectivity index (χ1v) is 7.66. The fraction of sp³-hybridized carbons (Fsp3) is 0.688. The average molecular weight is 261 g/mol. The highest BCUT2D eigenvalue weighted by molar-refractivity contribution is 5.43. The van der Waals surface area contributed by atoms with E-state index in [4.69, 9.17) is 0 Å². The summed E-state index contributed by atoms with van der Waals surface area (Å²) in [6.07, 6.45) is 8.98. The Morgan fingerprint density at radius 3 is 2.84 bits per heavy atom. The monoisotopic (exact) mass is 261 g/mol. The Hall–Kier alpha value is -1.09. The fourth-order valence-electron chi connectivity index (χ4n) is 3.06. The molecule has 1 N–H and O–H groups in total. The summed E-state index contributed by atoms with van der Waals surface area (Å²) >= 11 is 0. The second kappa shape index (κ2) is 7.49. The van der Waals surface area contributed by atoms with Crippen LogP contribution in [0.1, 0.15) is 44.6 Å². The van der Waals surface area contributed by atoms with Crippen LogP contribution in [0.15, 0.2) is 18.3 Å². The first-order chi connectivity index (χ1) is 9.29. The zero-order valence-electron chi connectivity index (χ0n) is 12.4.